The van der Waals surface area contributed by atoms with Gasteiger partial charge in [-0.05, 0) is 18.6 Å². The molecule has 0 bridgehead atoms. The van der Waals surface area contributed by atoms with E-state index in [0.717, 1.165) is 18.7 Å². The Morgan fingerprint density at radius 2 is 2.45 bits per heavy atom. The smallest absolute Gasteiger partial charge is 0.146 e. The molecule has 60 valence electrons. The number of nitrogen functional groups attached to an aromatic ring is 1. The van der Waals surface area contributed by atoms with Gasteiger partial charge in [-0.1, -0.05) is 6.92 Å². The highest BCUT2D eigenvalue weighted by molar-refractivity contribution is 5.60. The molecule has 11 heavy (non-hydrogen) atoms. The van der Waals surface area contributed by atoms with Crippen LogP contribution in [0.3, 0.4) is 0 Å². The first-order valence-electron chi connectivity index (χ1n) is 3.79. The van der Waals surface area contributed by atoms with Gasteiger partial charge in [0.25, 0.3) is 0 Å². The zero-order valence-corrected chi connectivity index (χ0v) is 6.67. The maximum absolute atomic E-state index is 5.59. The molecule has 0 aliphatic rings. The van der Waals surface area contributed by atoms with E-state index in [1.807, 2.05) is 12.1 Å². The van der Waals surface area contributed by atoms with Gasteiger partial charge in [0, 0.05) is 12.7 Å². The molecule has 0 amide bonds. The number of nitrogens with two attached hydrogens (primary N) is 1. The van der Waals surface area contributed by atoms with Crippen LogP contribution in [0.15, 0.2) is 18.3 Å². The van der Waals surface area contributed by atoms with Crippen LogP contribution in [0.1, 0.15) is 13.3 Å². The third kappa shape index (κ3) is 2.11. The SMILES string of the molecule is CCCNc1cccnc1N. The lowest BCUT2D eigenvalue weighted by molar-refractivity contribution is 0.978. The van der Waals surface area contributed by atoms with E-state index in [1.54, 1.807) is 6.20 Å². The second-order valence-corrected chi connectivity index (χ2v) is 2.36. The first kappa shape index (κ1) is 7.85. The lowest BCUT2D eigenvalue weighted by atomic mass is 10.3. The Bertz CT molecular complexity index is 222. The molecule has 0 unspecified atom stereocenters. The van der Waals surface area contributed by atoms with Crippen LogP contribution in [0.2, 0.25) is 0 Å². The summed E-state index contributed by atoms with van der Waals surface area (Å²) >= 11 is 0. The van der Waals surface area contributed by atoms with E-state index in [1.165, 1.54) is 0 Å². The number of hydrogen-bond acceptors (Lipinski definition) is 3. The van der Waals surface area contributed by atoms with E-state index >= 15 is 0 Å². The summed E-state index contributed by atoms with van der Waals surface area (Å²) in [5.74, 6) is 0.570. The van der Waals surface area contributed by atoms with Crippen molar-refractivity contribution < 1.29 is 0 Å². The van der Waals surface area contributed by atoms with Gasteiger partial charge < -0.3 is 11.1 Å². The Morgan fingerprint density at radius 3 is 3.09 bits per heavy atom. The fourth-order valence-electron chi connectivity index (χ4n) is 0.827. The number of pyridine rings is 1. The molecular formula is C8H13N3. The maximum Gasteiger partial charge on any atom is 0.146 e. The molecule has 0 fully saturated rings. The third-order valence-corrected chi connectivity index (χ3v) is 1.40. The lowest BCUT2D eigenvalue weighted by Gasteiger charge is -2.05. The average Bonchev–Trinajstić information content (AvgIpc) is 2.03. The second-order valence-electron chi connectivity index (χ2n) is 2.36. The summed E-state index contributed by atoms with van der Waals surface area (Å²) in [6.45, 7) is 3.05. The highest BCUT2D eigenvalue weighted by Gasteiger charge is 1.94. The Morgan fingerprint density at radius 1 is 1.64 bits per heavy atom. The van der Waals surface area contributed by atoms with Crippen molar-refractivity contribution in [3.8, 4) is 0 Å². The molecule has 0 spiro atoms. The van der Waals surface area contributed by atoms with E-state index in [9.17, 15) is 0 Å². The summed E-state index contributed by atoms with van der Waals surface area (Å²) < 4.78 is 0. The largest absolute Gasteiger partial charge is 0.382 e. The van der Waals surface area contributed by atoms with Crippen molar-refractivity contribution >= 4 is 11.5 Å². The predicted molar refractivity (Wildman–Crippen MR) is 47.4 cm³/mol. The molecule has 1 aromatic heterocycles. The van der Waals surface area contributed by atoms with Crippen molar-refractivity contribution in [2.75, 3.05) is 17.6 Å². The highest BCUT2D eigenvalue weighted by atomic mass is 14.9. The van der Waals surface area contributed by atoms with Gasteiger partial charge in [-0.2, -0.15) is 0 Å². The maximum atomic E-state index is 5.59. The Hall–Kier alpha value is -1.25. The molecule has 1 aromatic rings. The number of nitrogens with one attached hydrogen (secondary N) is 1. The minimum Gasteiger partial charge on any atom is -0.382 e. The van der Waals surface area contributed by atoms with Gasteiger partial charge in [-0.15, -0.1) is 0 Å². The van der Waals surface area contributed by atoms with Gasteiger partial charge >= 0.3 is 0 Å². The molecule has 3 nitrogen and oxygen atoms in total. The fourth-order valence-corrected chi connectivity index (χ4v) is 0.827. The summed E-state index contributed by atoms with van der Waals surface area (Å²) in [7, 11) is 0. The molecule has 0 saturated heterocycles. The molecule has 0 saturated carbocycles. The monoisotopic (exact) mass is 151 g/mol. The molecule has 0 aromatic carbocycles. The van der Waals surface area contributed by atoms with Crippen molar-refractivity contribution in [1.82, 2.24) is 4.98 Å². The molecule has 0 aliphatic carbocycles. The van der Waals surface area contributed by atoms with Gasteiger partial charge in [0.1, 0.15) is 5.82 Å². The van der Waals surface area contributed by atoms with Crippen LogP contribution in [0.25, 0.3) is 0 Å². The number of hydrogen-bond donors (Lipinski definition) is 2. The van der Waals surface area contributed by atoms with Gasteiger partial charge in [-0.25, -0.2) is 4.98 Å². The first-order valence-corrected chi connectivity index (χ1v) is 3.79. The molecule has 0 radical (unpaired) electrons. The Balaban J connectivity index is 2.62. The summed E-state index contributed by atoms with van der Waals surface area (Å²) in [5, 5.41) is 3.18. The minimum absolute atomic E-state index is 0.570. The van der Waals surface area contributed by atoms with Crippen molar-refractivity contribution in [2.45, 2.75) is 13.3 Å². The van der Waals surface area contributed by atoms with Gasteiger partial charge in [-0.3, -0.25) is 0 Å². The van der Waals surface area contributed by atoms with E-state index < -0.39 is 0 Å². The number of aromatic nitrogens is 1. The molecule has 3 N–H and O–H groups in total. The van der Waals surface area contributed by atoms with Gasteiger partial charge in [0.15, 0.2) is 0 Å². The molecular weight excluding hydrogens is 138 g/mol. The van der Waals surface area contributed by atoms with Gasteiger partial charge in [0.2, 0.25) is 0 Å². The summed E-state index contributed by atoms with van der Waals surface area (Å²) in [6.07, 6.45) is 2.78. The van der Waals surface area contributed by atoms with Crippen LogP contribution in [0.5, 0.6) is 0 Å². The van der Waals surface area contributed by atoms with E-state index in [-0.39, 0.29) is 0 Å². The molecule has 0 atom stereocenters. The van der Waals surface area contributed by atoms with Crippen LogP contribution in [0.4, 0.5) is 11.5 Å². The fraction of sp³-hybridized carbons (Fsp3) is 0.375. The molecule has 3 heteroatoms. The summed E-state index contributed by atoms with van der Waals surface area (Å²) in [4.78, 5) is 3.95. The minimum atomic E-state index is 0.570. The lowest BCUT2D eigenvalue weighted by Crippen LogP contribution is -2.03. The van der Waals surface area contributed by atoms with Crippen LogP contribution in [-0.2, 0) is 0 Å². The van der Waals surface area contributed by atoms with Crippen LogP contribution in [0, 0.1) is 0 Å². The first-order chi connectivity index (χ1) is 5.34. The Labute approximate surface area is 66.6 Å². The van der Waals surface area contributed by atoms with E-state index in [2.05, 4.69) is 17.2 Å². The van der Waals surface area contributed by atoms with Gasteiger partial charge in [0.05, 0.1) is 5.69 Å². The van der Waals surface area contributed by atoms with Crippen molar-refractivity contribution in [1.29, 1.82) is 0 Å². The highest BCUT2D eigenvalue weighted by Crippen LogP contribution is 2.12. The van der Waals surface area contributed by atoms with E-state index in [0.29, 0.717) is 5.82 Å². The quantitative estimate of drug-likeness (QED) is 0.688. The van der Waals surface area contributed by atoms with Crippen molar-refractivity contribution in [3.63, 3.8) is 0 Å². The molecule has 1 heterocycles. The van der Waals surface area contributed by atoms with Crippen molar-refractivity contribution in [3.05, 3.63) is 18.3 Å². The van der Waals surface area contributed by atoms with E-state index in [4.69, 9.17) is 5.73 Å². The predicted octanol–water partition coefficient (Wildman–Crippen LogP) is 1.49. The third-order valence-electron chi connectivity index (χ3n) is 1.40. The number of rotatable bonds is 3. The number of anilines is 2. The zero-order chi connectivity index (χ0) is 8.10. The number of nitrogens with zero attached hydrogens (tertiary/aromatic N) is 1. The van der Waals surface area contributed by atoms with Crippen LogP contribution in [-0.4, -0.2) is 11.5 Å². The summed E-state index contributed by atoms with van der Waals surface area (Å²) in [5.41, 5.74) is 6.51. The van der Waals surface area contributed by atoms with Crippen molar-refractivity contribution in [2.24, 2.45) is 0 Å². The Kier molecular flexibility index (Phi) is 2.72. The summed E-state index contributed by atoms with van der Waals surface area (Å²) in [6, 6.07) is 3.80. The van der Waals surface area contributed by atoms with Crippen LogP contribution >= 0.6 is 0 Å². The van der Waals surface area contributed by atoms with Crippen LogP contribution < -0.4 is 11.1 Å². The second kappa shape index (κ2) is 3.81. The standard InChI is InChI=1S/C8H13N3/c1-2-5-10-7-4-3-6-11-8(7)9/h3-4,6,10H,2,5H2,1H3,(H2,9,11). The normalized spacial score (nSPS) is 9.55. The topological polar surface area (TPSA) is 50.9 Å². The molecule has 0 aliphatic heterocycles. The molecule has 1 rings (SSSR count). The zero-order valence-electron chi connectivity index (χ0n) is 6.67. The average molecular weight is 151 g/mol.